The summed E-state index contributed by atoms with van der Waals surface area (Å²) in [6.45, 7) is 1.94. The highest BCUT2D eigenvalue weighted by Gasteiger charge is 2.35. The highest BCUT2D eigenvalue weighted by Crippen LogP contribution is 2.26. The SMILES string of the molecule is Cc1ccc(C(=O)N2CSC[C@H]2C(=O)O)c(Br)c1. The van der Waals surface area contributed by atoms with Crippen molar-refractivity contribution in [3.8, 4) is 0 Å². The summed E-state index contributed by atoms with van der Waals surface area (Å²) in [7, 11) is 0. The van der Waals surface area contributed by atoms with E-state index in [0.717, 1.165) is 5.56 Å². The minimum absolute atomic E-state index is 0.237. The van der Waals surface area contributed by atoms with Crippen LogP contribution >= 0.6 is 27.7 Å². The van der Waals surface area contributed by atoms with Crippen molar-refractivity contribution in [2.75, 3.05) is 11.6 Å². The number of carboxylic acid groups (broad SMARTS) is 1. The molecule has 0 saturated carbocycles. The maximum atomic E-state index is 12.3. The number of aryl methyl sites for hydroxylation is 1. The zero-order valence-corrected chi connectivity index (χ0v) is 12.1. The van der Waals surface area contributed by atoms with Gasteiger partial charge >= 0.3 is 5.97 Å². The van der Waals surface area contributed by atoms with E-state index in [-0.39, 0.29) is 5.91 Å². The first-order chi connectivity index (χ1) is 8.50. The van der Waals surface area contributed by atoms with Crippen molar-refractivity contribution < 1.29 is 14.7 Å². The lowest BCUT2D eigenvalue weighted by molar-refractivity contribution is -0.140. The van der Waals surface area contributed by atoms with Crippen LogP contribution in [0.25, 0.3) is 0 Å². The summed E-state index contributed by atoms with van der Waals surface area (Å²) < 4.78 is 0.702. The van der Waals surface area contributed by atoms with E-state index in [4.69, 9.17) is 5.11 Å². The second-order valence-electron chi connectivity index (χ2n) is 4.11. The summed E-state index contributed by atoms with van der Waals surface area (Å²) in [6, 6.07) is 4.70. The van der Waals surface area contributed by atoms with Crippen LogP contribution in [0.1, 0.15) is 15.9 Å². The Hall–Kier alpha value is -1.01. The summed E-state index contributed by atoms with van der Waals surface area (Å²) in [6.07, 6.45) is 0. The van der Waals surface area contributed by atoms with Crippen LogP contribution in [-0.4, -0.2) is 39.6 Å². The maximum Gasteiger partial charge on any atom is 0.327 e. The van der Waals surface area contributed by atoms with Crippen LogP contribution in [0.2, 0.25) is 0 Å². The highest BCUT2D eigenvalue weighted by molar-refractivity contribution is 9.10. The average Bonchev–Trinajstić information content (AvgIpc) is 2.77. The van der Waals surface area contributed by atoms with Gasteiger partial charge in [0.05, 0.1) is 11.4 Å². The number of rotatable bonds is 2. The van der Waals surface area contributed by atoms with E-state index >= 15 is 0 Å². The normalized spacial score (nSPS) is 19.0. The van der Waals surface area contributed by atoms with Crippen LogP contribution in [0, 0.1) is 6.92 Å². The zero-order chi connectivity index (χ0) is 13.3. The summed E-state index contributed by atoms with van der Waals surface area (Å²) in [5, 5.41) is 9.07. The number of halogens is 1. The minimum Gasteiger partial charge on any atom is -0.480 e. The summed E-state index contributed by atoms with van der Waals surface area (Å²) in [5.41, 5.74) is 1.55. The van der Waals surface area contributed by atoms with Crippen LogP contribution in [0.5, 0.6) is 0 Å². The molecule has 4 nitrogen and oxygen atoms in total. The molecule has 0 aromatic heterocycles. The fourth-order valence-corrected chi connectivity index (χ4v) is 3.60. The number of amides is 1. The smallest absolute Gasteiger partial charge is 0.327 e. The number of carbonyl (C=O) groups excluding carboxylic acids is 1. The fraction of sp³-hybridized carbons (Fsp3) is 0.333. The van der Waals surface area contributed by atoms with Gasteiger partial charge in [0.1, 0.15) is 6.04 Å². The number of benzene rings is 1. The molecule has 6 heteroatoms. The van der Waals surface area contributed by atoms with Gasteiger partial charge in [-0.3, -0.25) is 4.79 Å². The lowest BCUT2D eigenvalue weighted by Gasteiger charge is -2.21. The number of carboxylic acids is 1. The Morgan fingerprint density at radius 1 is 1.50 bits per heavy atom. The van der Waals surface area contributed by atoms with E-state index in [1.807, 2.05) is 19.1 Å². The maximum absolute atomic E-state index is 12.3. The molecule has 0 aliphatic carbocycles. The molecule has 0 unspecified atom stereocenters. The molecule has 1 aromatic carbocycles. The third kappa shape index (κ3) is 2.54. The predicted octanol–water partition coefficient (Wildman–Crippen LogP) is 2.36. The van der Waals surface area contributed by atoms with Crippen LogP contribution in [0.15, 0.2) is 22.7 Å². The molecule has 1 heterocycles. The van der Waals surface area contributed by atoms with Gasteiger partial charge in [0.2, 0.25) is 0 Å². The molecule has 0 bridgehead atoms. The Bertz CT molecular complexity index is 506. The standard InChI is InChI=1S/C12H12BrNO3S/c1-7-2-3-8(9(13)4-7)11(15)14-6-18-5-10(14)12(16)17/h2-4,10H,5-6H2,1H3,(H,16,17)/t10-/m0/s1. The van der Waals surface area contributed by atoms with Gasteiger partial charge < -0.3 is 10.0 Å². The molecule has 1 aliphatic heterocycles. The molecule has 1 N–H and O–H groups in total. The van der Waals surface area contributed by atoms with Crippen molar-refractivity contribution in [2.24, 2.45) is 0 Å². The lowest BCUT2D eigenvalue weighted by Crippen LogP contribution is -2.41. The fourth-order valence-electron chi connectivity index (χ4n) is 1.80. The summed E-state index contributed by atoms with van der Waals surface area (Å²) >= 11 is 4.81. The first-order valence-electron chi connectivity index (χ1n) is 5.38. The third-order valence-electron chi connectivity index (χ3n) is 2.78. The number of nitrogens with zero attached hydrogens (tertiary/aromatic N) is 1. The highest BCUT2D eigenvalue weighted by atomic mass is 79.9. The Morgan fingerprint density at radius 3 is 2.83 bits per heavy atom. The minimum atomic E-state index is -0.948. The Kier molecular flexibility index (Phi) is 3.97. The number of aliphatic carboxylic acids is 1. The van der Waals surface area contributed by atoms with E-state index in [1.54, 1.807) is 6.07 Å². The Morgan fingerprint density at radius 2 is 2.22 bits per heavy atom. The topological polar surface area (TPSA) is 57.6 Å². The lowest BCUT2D eigenvalue weighted by atomic mass is 10.1. The molecule has 18 heavy (non-hydrogen) atoms. The molecule has 1 amide bonds. The van der Waals surface area contributed by atoms with Gasteiger partial charge in [0.15, 0.2) is 0 Å². The molecule has 1 fully saturated rings. The monoisotopic (exact) mass is 329 g/mol. The van der Waals surface area contributed by atoms with Gasteiger partial charge in [0.25, 0.3) is 5.91 Å². The van der Waals surface area contributed by atoms with E-state index in [1.165, 1.54) is 16.7 Å². The third-order valence-corrected chi connectivity index (χ3v) is 4.45. The summed E-state index contributed by atoms with van der Waals surface area (Å²) in [4.78, 5) is 24.8. The van der Waals surface area contributed by atoms with Gasteiger partial charge in [-0.1, -0.05) is 6.07 Å². The predicted molar refractivity (Wildman–Crippen MR) is 73.8 cm³/mol. The number of hydrogen-bond donors (Lipinski definition) is 1. The molecule has 1 saturated heterocycles. The molecule has 2 rings (SSSR count). The first kappa shape index (κ1) is 13.4. The van der Waals surface area contributed by atoms with Crippen molar-refractivity contribution in [2.45, 2.75) is 13.0 Å². The van der Waals surface area contributed by atoms with Gasteiger partial charge in [-0.05, 0) is 40.5 Å². The number of hydrogen-bond acceptors (Lipinski definition) is 3. The average molecular weight is 330 g/mol. The first-order valence-corrected chi connectivity index (χ1v) is 7.33. The number of carbonyl (C=O) groups is 2. The molecular formula is C12H12BrNO3S. The summed E-state index contributed by atoms with van der Waals surface area (Å²) in [5.74, 6) is -0.309. The largest absolute Gasteiger partial charge is 0.480 e. The quantitative estimate of drug-likeness (QED) is 0.904. The van der Waals surface area contributed by atoms with Crippen molar-refractivity contribution >= 4 is 39.6 Å². The van der Waals surface area contributed by atoms with Crippen LogP contribution in [0.4, 0.5) is 0 Å². The zero-order valence-electron chi connectivity index (χ0n) is 9.72. The van der Waals surface area contributed by atoms with Crippen LogP contribution in [0.3, 0.4) is 0 Å². The van der Waals surface area contributed by atoms with Crippen molar-refractivity contribution in [1.29, 1.82) is 0 Å². The molecule has 0 radical (unpaired) electrons. The van der Waals surface area contributed by atoms with Crippen molar-refractivity contribution in [1.82, 2.24) is 4.90 Å². The molecule has 96 valence electrons. The van der Waals surface area contributed by atoms with Gasteiger partial charge in [-0.25, -0.2) is 4.79 Å². The van der Waals surface area contributed by atoms with E-state index in [0.29, 0.717) is 21.7 Å². The van der Waals surface area contributed by atoms with E-state index in [2.05, 4.69) is 15.9 Å². The van der Waals surface area contributed by atoms with Gasteiger partial charge in [-0.15, -0.1) is 11.8 Å². The Labute approximate surface area is 117 Å². The molecule has 0 spiro atoms. The van der Waals surface area contributed by atoms with E-state index < -0.39 is 12.0 Å². The van der Waals surface area contributed by atoms with Gasteiger partial charge in [-0.2, -0.15) is 0 Å². The molecule has 1 aromatic rings. The number of thioether (sulfide) groups is 1. The van der Waals surface area contributed by atoms with Crippen LogP contribution in [-0.2, 0) is 4.79 Å². The van der Waals surface area contributed by atoms with Gasteiger partial charge in [0, 0.05) is 10.2 Å². The van der Waals surface area contributed by atoms with E-state index in [9.17, 15) is 9.59 Å². The molecule has 1 atom stereocenters. The molecular weight excluding hydrogens is 318 g/mol. The van der Waals surface area contributed by atoms with Crippen molar-refractivity contribution in [3.05, 3.63) is 33.8 Å². The Balaban J connectivity index is 2.28. The second kappa shape index (κ2) is 5.32. The van der Waals surface area contributed by atoms with Crippen LogP contribution < -0.4 is 0 Å². The second-order valence-corrected chi connectivity index (χ2v) is 5.97. The van der Waals surface area contributed by atoms with Crippen molar-refractivity contribution in [3.63, 3.8) is 0 Å². The molecule has 1 aliphatic rings.